The topological polar surface area (TPSA) is 41.3 Å². The predicted molar refractivity (Wildman–Crippen MR) is 72.3 cm³/mol. The molecule has 4 nitrogen and oxygen atoms in total. The van der Waals surface area contributed by atoms with E-state index in [1.165, 1.54) is 25.7 Å². The fraction of sp³-hybridized carbons (Fsp3) is 0.786. The minimum Gasteiger partial charge on any atom is -0.385 e. The summed E-state index contributed by atoms with van der Waals surface area (Å²) in [6, 6.07) is 1.93. The molecule has 1 aromatic rings. The van der Waals surface area contributed by atoms with Crippen LogP contribution in [-0.2, 0) is 7.05 Å². The Morgan fingerprint density at radius 3 is 2.33 bits per heavy atom. The molecule has 1 atom stereocenters. The Balaban J connectivity index is 2.31. The lowest BCUT2D eigenvalue weighted by molar-refractivity contribution is -0.0241. The van der Waals surface area contributed by atoms with Gasteiger partial charge in [-0.25, -0.2) is 0 Å². The Morgan fingerprint density at radius 1 is 1.28 bits per heavy atom. The van der Waals surface area contributed by atoms with Gasteiger partial charge in [0.2, 0.25) is 0 Å². The largest absolute Gasteiger partial charge is 0.385 e. The average molecular weight is 251 g/mol. The highest BCUT2D eigenvalue weighted by Gasteiger charge is 2.41. The van der Waals surface area contributed by atoms with Crippen LogP contribution in [0.5, 0.6) is 0 Å². The lowest BCUT2D eigenvalue weighted by Gasteiger charge is -2.43. The lowest BCUT2D eigenvalue weighted by atomic mass is 9.81. The molecule has 1 saturated carbocycles. The second kappa shape index (κ2) is 5.41. The van der Waals surface area contributed by atoms with Gasteiger partial charge in [-0.1, -0.05) is 25.7 Å². The van der Waals surface area contributed by atoms with Crippen LogP contribution in [0.1, 0.15) is 50.3 Å². The highest BCUT2D eigenvalue weighted by Crippen LogP contribution is 2.40. The molecule has 102 valence electrons. The van der Waals surface area contributed by atoms with E-state index in [0.29, 0.717) is 0 Å². The summed E-state index contributed by atoms with van der Waals surface area (Å²) in [5.41, 5.74) is 0.787. The molecule has 1 fully saturated rings. The lowest BCUT2D eigenvalue weighted by Crippen LogP contribution is -2.49. The third-order valence-electron chi connectivity index (χ3n) is 4.51. The number of aliphatic hydroxyl groups is 1. The number of nitrogens with zero attached hydrogens (tertiary/aromatic N) is 3. The van der Waals surface area contributed by atoms with Crippen molar-refractivity contribution in [3.8, 4) is 0 Å². The van der Waals surface area contributed by atoms with Crippen LogP contribution in [0.2, 0.25) is 0 Å². The van der Waals surface area contributed by atoms with Gasteiger partial charge in [0.15, 0.2) is 0 Å². The molecule has 0 aromatic carbocycles. The Hall–Kier alpha value is -0.870. The molecule has 0 radical (unpaired) electrons. The van der Waals surface area contributed by atoms with Crippen molar-refractivity contribution in [1.82, 2.24) is 14.7 Å². The van der Waals surface area contributed by atoms with E-state index >= 15 is 0 Å². The second-order valence-electron chi connectivity index (χ2n) is 5.69. The molecule has 2 rings (SSSR count). The van der Waals surface area contributed by atoms with Crippen molar-refractivity contribution in [2.75, 3.05) is 14.1 Å². The minimum absolute atomic E-state index is 0.135. The maximum atomic E-state index is 10.9. The Kier molecular flexibility index (Phi) is 4.07. The van der Waals surface area contributed by atoms with Crippen LogP contribution in [0, 0.1) is 0 Å². The molecule has 1 heterocycles. The van der Waals surface area contributed by atoms with Gasteiger partial charge in [-0.2, -0.15) is 5.10 Å². The van der Waals surface area contributed by atoms with Crippen molar-refractivity contribution in [3.63, 3.8) is 0 Å². The molecule has 1 unspecified atom stereocenters. The summed E-state index contributed by atoms with van der Waals surface area (Å²) in [6.45, 7) is 0. The first kappa shape index (κ1) is 13.6. The molecular weight excluding hydrogens is 226 g/mol. The number of rotatable bonds is 3. The zero-order valence-electron chi connectivity index (χ0n) is 11.8. The van der Waals surface area contributed by atoms with Gasteiger partial charge < -0.3 is 10.0 Å². The van der Waals surface area contributed by atoms with E-state index in [4.69, 9.17) is 0 Å². The molecule has 18 heavy (non-hydrogen) atoms. The van der Waals surface area contributed by atoms with E-state index in [1.807, 2.05) is 13.1 Å². The summed E-state index contributed by atoms with van der Waals surface area (Å²) in [5.74, 6) is 0. The third-order valence-corrected chi connectivity index (χ3v) is 4.51. The molecular formula is C14H25N3O. The SMILES string of the molecule is CN(C)C1(C(O)c2ccnn2C)CCCCCC1. The van der Waals surface area contributed by atoms with E-state index in [0.717, 1.165) is 18.5 Å². The summed E-state index contributed by atoms with van der Waals surface area (Å²) in [7, 11) is 6.08. The van der Waals surface area contributed by atoms with E-state index in [-0.39, 0.29) is 5.54 Å². The number of hydrogen-bond acceptors (Lipinski definition) is 3. The third kappa shape index (κ3) is 2.31. The molecule has 0 spiro atoms. The van der Waals surface area contributed by atoms with Crippen molar-refractivity contribution >= 4 is 0 Å². The normalized spacial score (nSPS) is 21.8. The Bertz CT molecular complexity index is 378. The van der Waals surface area contributed by atoms with Crippen LogP contribution in [-0.4, -0.2) is 39.4 Å². The number of aliphatic hydroxyl groups excluding tert-OH is 1. The first-order valence-electron chi connectivity index (χ1n) is 6.91. The number of likely N-dealkylation sites (N-methyl/N-ethyl adjacent to an activating group) is 1. The van der Waals surface area contributed by atoms with Gasteiger partial charge in [-0.15, -0.1) is 0 Å². The molecule has 1 aromatic heterocycles. The summed E-state index contributed by atoms with van der Waals surface area (Å²) in [5, 5.41) is 15.0. The second-order valence-corrected chi connectivity index (χ2v) is 5.69. The van der Waals surface area contributed by atoms with Crippen LogP contribution < -0.4 is 0 Å². The first-order chi connectivity index (χ1) is 8.58. The van der Waals surface area contributed by atoms with Crippen molar-refractivity contribution < 1.29 is 5.11 Å². The van der Waals surface area contributed by atoms with Gasteiger partial charge in [0.05, 0.1) is 11.2 Å². The van der Waals surface area contributed by atoms with Crippen LogP contribution in [0.4, 0.5) is 0 Å². The minimum atomic E-state index is -0.460. The standard InChI is InChI=1S/C14H25N3O/c1-16(2)14(9-6-4-5-7-10-14)13(18)12-8-11-15-17(12)3/h8,11,13,18H,4-7,9-10H2,1-3H3. The monoisotopic (exact) mass is 251 g/mol. The zero-order chi connectivity index (χ0) is 13.2. The smallest absolute Gasteiger partial charge is 0.114 e. The maximum Gasteiger partial charge on any atom is 0.114 e. The summed E-state index contributed by atoms with van der Waals surface area (Å²) < 4.78 is 1.79. The van der Waals surface area contributed by atoms with E-state index in [1.54, 1.807) is 10.9 Å². The van der Waals surface area contributed by atoms with E-state index < -0.39 is 6.10 Å². The quantitative estimate of drug-likeness (QED) is 0.837. The Labute approximate surface area is 110 Å². The average Bonchev–Trinajstić information content (AvgIpc) is 2.63. The molecule has 1 N–H and O–H groups in total. The number of aryl methyl sites for hydroxylation is 1. The summed E-state index contributed by atoms with van der Waals surface area (Å²) >= 11 is 0. The highest BCUT2D eigenvalue weighted by molar-refractivity contribution is 5.12. The first-order valence-corrected chi connectivity index (χ1v) is 6.91. The summed E-state index contributed by atoms with van der Waals surface area (Å²) in [6.07, 6.45) is 8.40. The molecule has 0 aliphatic heterocycles. The van der Waals surface area contributed by atoms with Gasteiger partial charge in [0.25, 0.3) is 0 Å². The number of hydrogen-bond donors (Lipinski definition) is 1. The fourth-order valence-corrected chi connectivity index (χ4v) is 3.23. The van der Waals surface area contributed by atoms with E-state index in [9.17, 15) is 5.11 Å². The van der Waals surface area contributed by atoms with Crippen molar-refractivity contribution in [2.24, 2.45) is 7.05 Å². The van der Waals surface area contributed by atoms with Crippen molar-refractivity contribution in [1.29, 1.82) is 0 Å². The van der Waals surface area contributed by atoms with Crippen LogP contribution >= 0.6 is 0 Å². The summed E-state index contributed by atoms with van der Waals surface area (Å²) in [4.78, 5) is 2.22. The maximum absolute atomic E-state index is 10.9. The zero-order valence-corrected chi connectivity index (χ0v) is 11.8. The molecule has 4 heteroatoms. The highest BCUT2D eigenvalue weighted by atomic mass is 16.3. The molecule has 0 bridgehead atoms. The van der Waals surface area contributed by atoms with Gasteiger partial charge >= 0.3 is 0 Å². The van der Waals surface area contributed by atoms with Crippen LogP contribution in [0.3, 0.4) is 0 Å². The van der Waals surface area contributed by atoms with Gasteiger partial charge in [-0.3, -0.25) is 4.68 Å². The van der Waals surface area contributed by atoms with Gasteiger partial charge in [0, 0.05) is 13.2 Å². The predicted octanol–water partition coefficient (Wildman–Crippen LogP) is 2.11. The molecule has 1 aliphatic rings. The molecule has 0 amide bonds. The van der Waals surface area contributed by atoms with Gasteiger partial charge in [0.1, 0.15) is 6.10 Å². The van der Waals surface area contributed by atoms with Crippen molar-refractivity contribution in [2.45, 2.75) is 50.2 Å². The van der Waals surface area contributed by atoms with Crippen LogP contribution in [0.25, 0.3) is 0 Å². The molecule has 1 aliphatic carbocycles. The van der Waals surface area contributed by atoms with Crippen LogP contribution in [0.15, 0.2) is 12.3 Å². The Morgan fingerprint density at radius 2 is 1.89 bits per heavy atom. The molecule has 0 saturated heterocycles. The number of aromatic nitrogens is 2. The fourth-order valence-electron chi connectivity index (χ4n) is 3.23. The van der Waals surface area contributed by atoms with E-state index in [2.05, 4.69) is 24.1 Å². The van der Waals surface area contributed by atoms with Gasteiger partial charge in [-0.05, 0) is 33.0 Å². The van der Waals surface area contributed by atoms with Crippen molar-refractivity contribution in [3.05, 3.63) is 18.0 Å².